The molecule has 2 atom stereocenters. The van der Waals surface area contributed by atoms with Gasteiger partial charge in [-0.05, 0) is 53.9 Å². The maximum atomic E-state index is 14.0. The predicted octanol–water partition coefficient (Wildman–Crippen LogP) is 3.21. The Morgan fingerprint density at radius 2 is 1.68 bits per heavy atom. The van der Waals surface area contributed by atoms with Gasteiger partial charge in [0.15, 0.2) is 0 Å². The van der Waals surface area contributed by atoms with Crippen molar-refractivity contribution in [3.63, 3.8) is 0 Å². The Hall–Kier alpha value is -3.39. The molecule has 2 saturated heterocycles. The van der Waals surface area contributed by atoms with Gasteiger partial charge in [-0.2, -0.15) is 0 Å². The number of carbonyl (C=O) groups excluding carboxylic acids is 3. The molecule has 2 fully saturated rings. The first kappa shape index (κ1) is 25.3. The van der Waals surface area contributed by atoms with Gasteiger partial charge in [0, 0.05) is 25.3 Å². The van der Waals surface area contributed by atoms with Crippen LogP contribution in [0, 0.1) is 11.8 Å². The van der Waals surface area contributed by atoms with E-state index in [1.165, 1.54) is 11.1 Å². The third-order valence-electron chi connectivity index (χ3n) is 7.67. The first-order valence-electron chi connectivity index (χ1n) is 13.3. The molecule has 3 aliphatic rings. The number of nitrogens with zero attached hydrogens (tertiary/aromatic N) is 2. The number of fused-ring (bicyclic) bond motifs is 1. The van der Waals surface area contributed by atoms with E-state index in [0.717, 1.165) is 18.4 Å². The van der Waals surface area contributed by atoms with Crippen LogP contribution in [0.4, 0.5) is 10.5 Å². The number of rotatable bonds is 6. The topological polar surface area (TPSA) is 91.0 Å². The normalized spacial score (nSPS) is 22.2. The molecule has 0 bridgehead atoms. The smallest absolute Gasteiger partial charge is 0.322 e. The van der Waals surface area contributed by atoms with Crippen LogP contribution >= 0.6 is 0 Å². The minimum atomic E-state index is -0.557. The van der Waals surface area contributed by atoms with E-state index in [2.05, 4.69) is 36.6 Å². The molecule has 2 aromatic rings. The highest BCUT2D eigenvalue weighted by Crippen LogP contribution is 2.32. The van der Waals surface area contributed by atoms with Crippen molar-refractivity contribution in [2.45, 2.75) is 51.7 Å². The summed E-state index contributed by atoms with van der Waals surface area (Å²) in [5.74, 6) is 0.142. The molecule has 5 rings (SSSR count). The summed E-state index contributed by atoms with van der Waals surface area (Å²) in [6, 6.07) is 14.5. The third kappa shape index (κ3) is 5.49. The maximum absolute atomic E-state index is 14.0. The number of amides is 4. The summed E-state index contributed by atoms with van der Waals surface area (Å²) >= 11 is 0. The molecular weight excluding hydrogens is 468 g/mol. The van der Waals surface area contributed by atoms with Crippen molar-refractivity contribution in [2.75, 3.05) is 31.6 Å². The standard InChI is InChI=1S/C29H36N4O4/c1-19(2)15-25-27(34)31-26(23-16-20-7-3-4-8-21(20)17-23)28(35)33(25)18-22-9-5-6-10-24(22)30-29(36)32-11-13-37-14-12-32/h3-10,19,23,25-26H,11-18H2,1-2H3,(H,30,36)(H,31,34)/t25-,26-/m1/s1. The highest BCUT2D eigenvalue weighted by molar-refractivity contribution is 5.97. The maximum Gasteiger partial charge on any atom is 0.322 e. The van der Waals surface area contributed by atoms with Gasteiger partial charge >= 0.3 is 6.03 Å². The van der Waals surface area contributed by atoms with Crippen LogP contribution in [0.15, 0.2) is 48.5 Å². The van der Waals surface area contributed by atoms with Gasteiger partial charge in [-0.15, -0.1) is 0 Å². The van der Waals surface area contributed by atoms with Gasteiger partial charge in [-0.3, -0.25) is 9.59 Å². The Kier molecular flexibility index (Phi) is 7.46. The van der Waals surface area contributed by atoms with Crippen molar-refractivity contribution in [1.82, 2.24) is 15.1 Å². The molecule has 0 aromatic heterocycles. The summed E-state index contributed by atoms with van der Waals surface area (Å²) in [7, 11) is 0. The Morgan fingerprint density at radius 3 is 2.35 bits per heavy atom. The Morgan fingerprint density at radius 1 is 1.03 bits per heavy atom. The zero-order chi connectivity index (χ0) is 25.9. The van der Waals surface area contributed by atoms with Gasteiger partial charge in [-0.25, -0.2) is 4.79 Å². The number of benzene rings is 2. The van der Waals surface area contributed by atoms with Crippen molar-refractivity contribution in [3.05, 3.63) is 65.2 Å². The van der Waals surface area contributed by atoms with Crippen LogP contribution < -0.4 is 10.6 Å². The van der Waals surface area contributed by atoms with Gasteiger partial charge in [0.2, 0.25) is 11.8 Å². The van der Waals surface area contributed by atoms with E-state index >= 15 is 0 Å². The number of hydrogen-bond acceptors (Lipinski definition) is 4. The first-order valence-corrected chi connectivity index (χ1v) is 13.3. The fraction of sp³-hybridized carbons (Fsp3) is 0.483. The lowest BCUT2D eigenvalue weighted by molar-refractivity contribution is -0.152. The van der Waals surface area contributed by atoms with Gasteiger partial charge in [0.25, 0.3) is 0 Å². The summed E-state index contributed by atoms with van der Waals surface area (Å²) in [6.07, 6.45) is 2.14. The average Bonchev–Trinajstić information content (AvgIpc) is 3.33. The predicted molar refractivity (Wildman–Crippen MR) is 141 cm³/mol. The van der Waals surface area contributed by atoms with Gasteiger partial charge in [0.1, 0.15) is 12.1 Å². The minimum absolute atomic E-state index is 0.0348. The summed E-state index contributed by atoms with van der Waals surface area (Å²) < 4.78 is 5.36. The second-order valence-corrected chi connectivity index (χ2v) is 10.7. The van der Waals surface area contributed by atoms with E-state index in [0.29, 0.717) is 38.4 Å². The molecule has 0 saturated carbocycles. The Labute approximate surface area is 218 Å². The van der Waals surface area contributed by atoms with Crippen molar-refractivity contribution in [2.24, 2.45) is 11.8 Å². The van der Waals surface area contributed by atoms with Gasteiger partial charge in [-0.1, -0.05) is 56.3 Å². The quantitative estimate of drug-likeness (QED) is 0.632. The van der Waals surface area contributed by atoms with Crippen molar-refractivity contribution >= 4 is 23.5 Å². The highest BCUT2D eigenvalue weighted by atomic mass is 16.5. The van der Waals surface area contributed by atoms with Crippen LogP contribution in [0.25, 0.3) is 0 Å². The lowest BCUT2D eigenvalue weighted by Crippen LogP contribution is -2.65. The van der Waals surface area contributed by atoms with Crippen LogP contribution in [0.1, 0.15) is 37.0 Å². The summed E-state index contributed by atoms with van der Waals surface area (Å²) in [4.78, 5) is 43.7. The number of para-hydroxylation sites is 1. The molecule has 196 valence electrons. The third-order valence-corrected chi connectivity index (χ3v) is 7.67. The minimum Gasteiger partial charge on any atom is -0.378 e. The number of urea groups is 1. The highest BCUT2D eigenvalue weighted by Gasteiger charge is 2.45. The number of hydrogen-bond donors (Lipinski definition) is 2. The van der Waals surface area contributed by atoms with Crippen LogP contribution in [-0.4, -0.2) is 66.0 Å². The number of anilines is 1. The molecular formula is C29H36N4O4. The second kappa shape index (κ2) is 10.9. The van der Waals surface area contributed by atoms with Crippen LogP contribution in [0.5, 0.6) is 0 Å². The zero-order valence-corrected chi connectivity index (χ0v) is 21.6. The van der Waals surface area contributed by atoms with E-state index in [9.17, 15) is 14.4 Å². The molecule has 37 heavy (non-hydrogen) atoms. The largest absolute Gasteiger partial charge is 0.378 e. The molecule has 1 aliphatic carbocycles. The molecule has 0 unspecified atom stereocenters. The van der Waals surface area contributed by atoms with Crippen LogP contribution in [0.2, 0.25) is 0 Å². The van der Waals surface area contributed by atoms with Crippen molar-refractivity contribution in [3.8, 4) is 0 Å². The summed E-state index contributed by atoms with van der Waals surface area (Å²) in [5, 5.41) is 6.11. The molecule has 0 radical (unpaired) electrons. The Bertz CT molecular complexity index is 1140. The number of ether oxygens (including phenoxy) is 1. The second-order valence-electron chi connectivity index (χ2n) is 10.7. The molecule has 8 heteroatoms. The van der Waals surface area contributed by atoms with Crippen LogP contribution in [-0.2, 0) is 33.7 Å². The van der Waals surface area contributed by atoms with Crippen LogP contribution in [0.3, 0.4) is 0 Å². The van der Waals surface area contributed by atoms with Gasteiger partial charge < -0.3 is 25.2 Å². The number of piperazine rings is 1. The fourth-order valence-corrected chi connectivity index (χ4v) is 5.73. The molecule has 2 aromatic carbocycles. The average molecular weight is 505 g/mol. The summed E-state index contributed by atoms with van der Waals surface area (Å²) in [6.45, 7) is 6.52. The lowest BCUT2D eigenvalue weighted by atomic mass is 9.89. The van der Waals surface area contributed by atoms with Crippen molar-refractivity contribution < 1.29 is 19.1 Å². The summed E-state index contributed by atoms with van der Waals surface area (Å²) in [5.41, 5.74) is 3.98. The van der Waals surface area contributed by atoms with E-state index in [1.54, 1.807) is 9.80 Å². The zero-order valence-electron chi connectivity index (χ0n) is 21.6. The molecule has 2 N–H and O–H groups in total. The van der Waals surface area contributed by atoms with E-state index in [4.69, 9.17) is 4.74 Å². The molecule has 8 nitrogen and oxygen atoms in total. The van der Waals surface area contributed by atoms with E-state index in [1.807, 2.05) is 36.4 Å². The fourth-order valence-electron chi connectivity index (χ4n) is 5.73. The van der Waals surface area contributed by atoms with E-state index in [-0.39, 0.29) is 36.2 Å². The van der Waals surface area contributed by atoms with Crippen molar-refractivity contribution in [1.29, 1.82) is 0 Å². The molecule has 4 amide bonds. The molecule has 2 aliphatic heterocycles. The number of morpholine rings is 1. The first-order chi connectivity index (χ1) is 17.9. The lowest BCUT2D eigenvalue weighted by Gasteiger charge is -2.41. The SMILES string of the molecule is CC(C)C[C@@H]1C(=O)N[C@H](C2Cc3ccccc3C2)C(=O)N1Cc1ccccc1NC(=O)N1CCOCC1. The molecule has 0 spiro atoms. The Balaban J connectivity index is 1.38. The number of nitrogens with one attached hydrogen (secondary N) is 2. The number of carbonyl (C=O) groups is 3. The van der Waals surface area contributed by atoms with Gasteiger partial charge in [0.05, 0.1) is 13.2 Å². The molecule has 2 heterocycles. The van der Waals surface area contributed by atoms with E-state index < -0.39 is 12.1 Å². The monoisotopic (exact) mass is 504 g/mol.